The zero-order chi connectivity index (χ0) is 15.7. The van der Waals surface area contributed by atoms with E-state index in [4.69, 9.17) is 9.47 Å². The van der Waals surface area contributed by atoms with Gasteiger partial charge in [-0.15, -0.1) is 0 Å². The molecule has 4 rings (SSSR count). The van der Waals surface area contributed by atoms with Crippen LogP contribution in [0.1, 0.15) is 5.56 Å². The molecular weight excluding hydrogens is 288 g/mol. The SMILES string of the molecule is Cc1cc(OCCN2CC3(COC3)C2)ccc1-c1cccnc1. The van der Waals surface area contributed by atoms with Gasteiger partial charge in [0.1, 0.15) is 12.4 Å². The first-order valence-corrected chi connectivity index (χ1v) is 8.18. The summed E-state index contributed by atoms with van der Waals surface area (Å²) in [4.78, 5) is 6.63. The van der Waals surface area contributed by atoms with Gasteiger partial charge in [-0.2, -0.15) is 0 Å². The molecule has 0 radical (unpaired) electrons. The first-order valence-electron chi connectivity index (χ1n) is 8.18. The van der Waals surface area contributed by atoms with Gasteiger partial charge in [-0.3, -0.25) is 9.88 Å². The molecule has 4 heteroatoms. The zero-order valence-corrected chi connectivity index (χ0v) is 13.5. The summed E-state index contributed by atoms with van der Waals surface area (Å²) < 4.78 is 11.2. The summed E-state index contributed by atoms with van der Waals surface area (Å²) in [6.07, 6.45) is 3.69. The van der Waals surface area contributed by atoms with Gasteiger partial charge < -0.3 is 9.47 Å². The van der Waals surface area contributed by atoms with Crippen LogP contribution in [0.5, 0.6) is 5.75 Å². The van der Waals surface area contributed by atoms with Crippen molar-refractivity contribution in [1.29, 1.82) is 0 Å². The lowest BCUT2D eigenvalue weighted by molar-refractivity contribution is -0.189. The molecule has 0 N–H and O–H groups in total. The smallest absolute Gasteiger partial charge is 0.119 e. The Morgan fingerprint density at radius 2 is 2.13 bits per heavy atom. The molecule has 4 nitrogen and oxygen atoms in total. The highest BCUT2D eigenvalue weighted by Crippen LogP contribution is 2.37. The standard InChI is InChI=1S/C19H22N2O2/c1-15-9-17(4-5-18(15)16-3-2-6-20-10-16)23-8-7-21-11-19(12-21)13-22-14-19/h2-6,9-10H,7-8,11-14H2,1H3. The molecular formula is C19H22N2O2. The van der Waals surface area contributed by atoms with Crippen LogP contribution >= 0.6 is 0 Å². The van der Waals surface area contributed by atoms with Gasteiger partial charge in [-0.05, 0) is 36.2 Å². The van der Waals surface area contributed by atoms with Crippen molar-refractivity contribution in [2.24, 2.45) is 5.41 Å². The molecule has 0 amide bonds. The van der Waals surface area contributed by atoms with Crippen LogP contribution in [0.3, 0.4) is 0 Å². The van der Waals surface area contributed by atoms with Crippen molar-refractivity contribution >= 4 is 0 Å². The van der Waals surface area contributed by atoms with Crippen molar-refractivity contribution in [3.05, 3.63) is 48.3 Å². The molecule has 0 unspecified atom stereocenters. The predicted molar refractivity (Wildman–Crippen MR) is 89.6 cm³/mol. The normalized spacial score (nSPS) is 19.2. The number of nitrogens with zero attached hydrogens (tertiary/aromatic N) is 2. The van der Waals surface area contributed by atoms with E-state index in [-0.39, 0.29) is 0 Å². The molecule has 1 aromatic heterocycles. The lowest BCUT2D eigenvalue weighted by Crippen LogP contribution is -2.66. The summed E-state index contributed by atoms with van der Waals surface area (Å²) in [6.45, 7) is 8.06. The highest BCUT2D eigenvalue weighted by atomic mass is 16.5. The lowest BCUT2D eigenvalue weighted by Gasteiger charge is -2.55. The summed E-state index contributed by atoms with van der Waals surface area (Å²) >= 11 is 0. The average molecular weight is 310 g/mol. The Balaban J connectivity index is 1.31. The fraction of sp³-hybridized carbons (Fsp3) is 0.421. The molecule has 2 saturated heterocycles. The van der Waals surface area contributed by atoms with Gasteiger partial charge in [0.25, 0.3) is 0 Å². The third-order valence-corrected chi connectivity index (χ3v) is 4.78. The number of benzene rings is 1. The molecule has 0 saturated carbocycles. The van der Waals surface area contributed by atoms with Crippen molar-refractivity contribution < 1.29 is 9.47 Å². The van der Waals surface area contributed by atoms with Crippen LogP contribution in [0.4, 0.5) is 0 Å². The number of aromatic nitrogens is 1. The fourth-order valence-electron chi connectivity index (χ4n) is 3.50. The Hall–Kier alpha value is -1.91. The number of aryl methyl sites for hydroxylation is 1. The van der Waals surface area contributed by atoms with E-state index in [1.165, 1.54) is 11.1 Å². The van der Waals surface area contributed by atoms with E-state index in [1.54, 1.807) is 6.20 Å². The van der Waals surface area contributed by atoms with Crippen LogP contribution in [-0.2, 0) is 4.74 Å². The summed E-state index contributed by atoms with van der Waals surface area (Å²) in [7, 11) is 0. The quantitative estimate of drug-likeness (QED) is 0.850. The molecule has 2 aromatic rings. The van der Waals surface area contributed by atoms with Crippen LogP contribution in [0.2, 0.25) is 0 Å². The second-order valence-electron chi connectivity index (χ2n) is 6.77. The fourth-order valence-corrected chi connectivity index (χ4v) is 3.50. The minimum absolute atomic E-state index is 0.488. The molecule has 0 bridgehead atoms. The van der Waals surface area contributed by atoms with Gasteiger partial charge in [0.2, 0.25) is 0 Å². The molecule has 0 aliphatic carbocycles. The lowest BCUT2D eigenvalue weighted by atomic mass is 9.78. The maximum absolute atomic E-state index is 5.92. The minimum atomic E-state index is 0.488. The number of rotatable bonds is 5. The number of pyridine rings is 1. The van der Waals surface area contributed by atoms with Gasteiger partial charge >= 0.3 is 0 Å². The molecule has 1 spiro atoms. The highest BCUT2D eigenvalue weighted by Gasteiger charge is 2.48. The molecule has 120 valence electrons. The van der Waals surface area contributed by atoms with Gasteiger partial charge in [0.15, 0.2) is 0 Å². The van der Waals surface area contributed by atoms with Crippen LogP contribution < -0.4 is 4.74 Å². The Morgan fingerprint density at radius 3 is 2.78 bits per heavy atom. The second kappa shape index (κ2) is 5.95. The topological polar surface area (TPSA) is 34.6 Å². The summed E-state index contributed by atoms with van der Waals surface area (Å²) in [6, 6.07) is 10.3. The van der Waals surface area contributed by atoms with Crippen LogP contribution in [0.15, 0.2) is 42.7 Å². The monoisotopic (exact) mass is 310 g/mol. The van der Waals surface area contributed by atoms with E-state index in [0.717, 1.165) is 50.8 Å². The zero-order valence-electron chi connectivity index (χ0n) is 13.5. The number of hydrogen-bond acceptors (Lipinski definition) is 4. The van der Waals surface area contributed by atoms with E-state index in [0.29, 0.717) is 5.41 Å². The van der Waals surface area contributed by atoms with Crippen LogP contribution in [0, 0.1) is 12.3 Å². The minimum Gasteiger partial charge on any atom is -0.492 e. The van der Waals surface area contributed by atoms with E-state index >= 15 is 0 Å². The third-order valence-electron chi connectivity index (χ3n) is 4.78. The van der Waals surface area contributed by atoms with Crippen molar-refractivity contribution in [2.75, 3.05) is 39.5 Å². The second-order valence-corrected chi connectivity index (χ2v) is 6.77. The maximum Gasteiger partial charge on any atom is 0.119 e. The summed E-state index contributed by atoms with van der Waals surface area (Å²) in [5, 5.41) is 0. The van der Waals surface area contributed by atoms with E-state index in [2.05, 4.69) is 35.0 Å². The average Bonchev–Trinajstić information content (AvgIpc) is 2.49. The molecule has 2 aliphatic heterocycles. The summed E-state index contributed by atoms with van der Waals surface area (Å²) in [5.41, 5.74) is 4.05. The Labute approximate surface area is 137 Å². The van der Waals surface area contributed by atoms with Gasteiger partial charge in [-0.25, -0.2) is 0 Å². The molecule has 2 fully saturated rings. The van der Waals surface area contributed by atoms with Crippen molar-refractivity contribution in [1.82, 2.24) is 9.88 Å². The van der Waals surface area contributed by atoms with Gasteiger partial charge in [0, 0.05) is 43.0 Å². The van der Waals surface area contributed by atoms with Crippen LogP contribution in [0.25, 0.3) is 11.1 Å². The largest absolute Gasteiger partial charge is 0.492 e. The Kier molecular flexibility index (Phi) is 3.79. The molecule has 1 aromatic carbocycles. The number of hydrogen-bond donors (Lipinski definition) is 0. The van der Waals surface area contributed by atoms with E-state index in [9.17, 15) is 0 Å². The molecule has 2 aliphatic rings. The van der Waals surface area contributed by atoms with Crippen molar-refractivity contribution in [3.8, 4) is 16.9 Å². The Morgan fingerprint density at radius 1 is 1.26 bits per heavy atom. The number of ether oxygens (including phenoxy) is 2. The molecule has 23 heavy (non-hydrogen) atoms. The first kappa shape index (κ1) is 14.7. The van der Waals surface area contributed by atoms with E-state index < -0.39 is 0 Å². The summed E-state index contributed by atoms with van der Waals surface area (Å²) in [5.74, 6) is 0.942. The van der Waals surface area contributed by atoms with Gasteiger partial charge in [0.05, 0.1) is 13.2 Å². The number of likely N-dealkylation sites (tertiary alicyclic amines) is 1. The predicted octanol–water partition coefficient (Wildman–Crippen LogP) is 2.77. The first-order chi connectivity index (χ1) is 11.2. The molecule has 0 atom stereocenters. The van der Waals surface area contributed by atoms with E-state index in [1.807, 2.05) is 18.3 Å². The third kappa shape index (κ3) is 2.96. The van der Waals surface area contributed by atoms with Crippen LogP contribution in [-0.4, -0.2) is 49.3 Å². The highest BCUT2D eigenvalue weighted by molar-refractivity contribution is 5.67. The van der Waals surface area contributed by atoms with Crippen molar-refractivity contribution in [2.45, 2.75) is 6.92 Å². The van der Waals surface area contributed by atoms with Crippen molar-refractivity contribution in [3.63, 3.8) is 0 Å². The maximum atomic E-state index is 5.92. The Bertz CT molecular complexity index is 675. The molecule has 3 heterocycles. The van der Waals surface area contributed by atoms with Gasteiger partial charge in [-0.1, -0.05) is 12.1 Å².